The van der Waals surface area contributed by atoms with E-state index in [9.17, 15) is 0 Å². The van der Waals surface area contributed by atoms with Crippen LogP contribution in [0.2, 0.25) is 0 Å². The molecule has 1 unspecified atom stereocenters. The highest BCUT2D eigenvalue weighted by Crippen LogP contribution is 2.50. The van der Waals surface area contributed by atoms with E-state index >= 15 is 0 Å². The summed E-state index contributed by atoms with van der Waals surface area (Å²) in [6.45, 7) is 2.05. The molecule has 1 heteroatoms. The standard InChI is InChI=1S/C31H24N/c1-2-3-5-14-24-21-31(28-17-10-8-15-26(24)28)29-18-11-9-16-27(29)30-20-19-25(22-32(30)31)23-12-6-4-7-13-23/h2-22H,1H3/q+1/b3-2-,14-5-. The maximum atomic E-state index is 2.48. The second-order valence-corrected chi connectivity index (χ2v) is 8.38. The van der Waals surface area contributed by atoms with E-state index in [4.69, 9.17) is 0 Å². The van der Waals surface area contributed by atoms with Gasteiger partial charge in [-0.25, -0.2) is 0 Å². The zero-order chi connectivity index (χ0) is 21.5. The lowest BCUT2D eigenvalue weighted by molar-refractivity contribution is -0.715. The van der Waals surface area contributed by atoms with Crippen molar-refractivity contribution in [2.45, 2.75) is 12.5 Å². The molecule has 1 aromatic heterocycles. The van der Waals surface area contributed by atoms with Gasteiger partial charge in [0.2, 0.25) is 11.2 Å². The molecule has 0 radical (unpaired) electrons. The summed E-state index contributed by atoms with van der Waals surface area (Å²) in [5.41, 5.74) is 9.91. The molecule has 6 rings (SSSR count). The summed E-state index contributed by atoms with van der Waals surface area (Å²) in [6, 6.07) is 32.8. The zero-order valence-electron chi connectivity index (χ0n) is 18.1. The van der Waals surface area contributed by atoms with Gasteiger partial charge in [0.1, 0.15) is 0 Å². The van der Waals surface area contributed by atoms with Crippen LogP contribution in [0.3, 0.4) is 0 Å². The first-order chi connectivity index (χ1) is 15.8. The highest BCUT2D eigenvalue weighted by Gasteiger charge is 2.54. The van der Waals surface area contributed by atoms with Crippen molar-refractivity contribution in [3.63, 3.8) is 0 Å². The average molecular weight is 411 g/mol. The lowest BCUT2D eigenvalue weighted by Gasteiger charge is -2.21. The highest BCUT2D eigenvalue weighted by atomic mass is 15.1. The van der Waals surface area contributed by atoms with Crippen molar-refractivity contribution < 1.29 is 4.57 Å². The number of fused-ring (bicyclic) bond motifs is 7. The Morgan fingerprint density at radius 3 is 2.12 bits per heavy atom. The first-order valence-electron chi connectivity index (χ1n) is 11.2. The monoisotopic (exact) mass is 410 g/mol. The number of allylic oxidation sites excluding steroid dienone is 6. The van der Waals surface area contributed by atoms with Gasteiger partial charge in [-0.3, -0.25) is 0 Å². The summed E-state index contributed by atoms with van der Waals surface area (Å²) in [7, 11) is 0. The van der Waals surface area contributed by atoms with Crippen LogP contribution in [0.5, 0.6) is 0 Å². The Balaban J connectivity index is 1.67. The van der Waals surface area contributed by atoms with Crippen LogP contribution in [-0.4, -0.2) is 0 Å². The van der Waals surface area contributed by atoms with E-state index < -0.39 is 0 Å². The molecule has 0 bridgehead atoms. The van der Waals surface area contributed by atoms with E-state index in [1.165, 1.54) is 44.6 Å². The highest BCUT2D eigenvalue weighted by molar-refractivity contribution is 5.86. The summed E-state index contributed by atoms with van der Waals surface area (Å²) >= 11 is 0. The number of nitrogens with zero attached hydrogens (tertiary/aromatic N) is 1. The first-order valence-corrected chi connectivity index (χ1v) is 11.2. The van der Waals surface area contributed by atoms with Crippen LogP contribution >= 0.6 is 0 Å². The molecule has 1 nitrogen and oxygen atoms in total. The molecule has 4 aromatic rings. The van der Waals surface area contributed by atoms with E-state index in [2.05, 4.69) is 132 Å². The largest absolute Gasteiger partial charge is 0.240 e. The van der Waals surface area contributed by atoms with Crippen LogP contribution < -0.4 is 4.57 Å². The maximum absolute atomic E-state index is 2.48. The minimum absolute atomic E-state index is 0.344. The second kappa shape index (κ2) is 7.32. The zero-order valence-corrected chi connectivity index (χ0v) is 18.1. The van der Waals surface area contributed by atoms with Crippen molar-refractivity contribution in [2.24, 2.45) is 0 Å². The molecule has 1 spiro atoms. The Kier molecular flexibility index (Phi) is 4.29. The number of hydrogen-bond donors (Lipinski definition) is 0. The van der Waals surface area contributed by atoms with Crippen LogP contribution in [0.15, 0.2) is 128 Å². The minimum atomic E-state index is -0.344. The predicted octanol–water partition coefficient (Wildman–Crippen LogP) is 6.94. The van der Waals surface area contributed by atoms with Crippen molar-refractivity contribution >= 4 is 5.57 Å². The molecule has 0 amide bonds. The molecule has 0 saturated heterocycles. The van der Waals surface area contributed by atoms with Crippen LogP contribution in [0.1, 0.15) is 23.6 Å². The van der Waals surface area contributed by atoms with Gasteiger partial charge in [-0.05, 0) is 35.8 Å². The van der Waals surface area contributed by atoms with Gasteiger partial charge in [-0.15, -0.1) is 0 Å². The quantitative estimate of drug-likeness (QED) is 0.254. The third-order valence-electron chi connectivity index (χ3n) is 6.64. The minimum Gasteiger partial charge on any atom is -0.180 e. The lowest BCUT2D eigenvalue weighted by Crippen LogP contribution is -2.53. The van der Waals surface area contributed by atoms with Crippen molar-refractivity contribution in [2.75, 3.05) is 0 Å². The molecule has 3 aromatic carbocycles. The Morgan fingerprint density at radius 1 is 0.656 bits per heavy atom. The smallest absolute Gasteiger partial charge is 0.180 e. The van der Waals surface area contributed by atoms with E-state index in [0.717, 1.165) is 0 Å². The van der Waals surface area contributed by atoms with Crippen molar-refractivity contribution in [1.29, 1.82) is 0 Å². The normalized spacial score (nSPS) is 18.2. The fraction of sp³-hybridized carbons (Fsp3) is 0.0645. The molecule has 1 aliphatic carbocycles. The summed E-state index contributed by atoms with van der Waals surface area (Å²) in [6.07, 6.45) is 13.3. The third kappa shape index (κ3) is 2.61. The Hall–Kier alpha value is -3.97. The Morgan fingerprint density at radius 2 is 1.34 bits per heavy atom. The van der Waals surface area contributed by atoms with Gasteiger partial charge in [0.05, 0.1) is 5.56 Å². The number of hydrogen-bond acceptors (Lipinski definition) is 0. The van der Waals surface area contributed by atoms with Gasteiger partial charge in [0.25, 0.3) is 0 Å². The van der Waals surface area contributed by atoms with Crippen molar-refractivity contribution in [3.05, 3.63) is 144 Å². The number of aromatic nitrogens is 1. The number of pyridine rings is 1. The predicted molar refractivity (Wildman–Crippen MR) is 132 cm³/mol. The third-order valence-corrected chi connectivity index (χ3v) is 6.64. The van der Waals surface area contributed by atoms with E-state index in [1.807, 2.05) is 6.92 Å². The Labute approximate surface area is 189 Å². The van der Waals surface area contributed by atoms with Gasteiger partial charge in [0, 0.05) is 28.8 Å². The molecule has 2 heterocycles. The Bertz CT molecular complexity index is 1420. The molecule has 32 heavy (non-hydrogen) atoms. The maximum Gasteiger partial charge on any atom is 0.240 e. The fourth-order valence-corrected chi connectivity index (χ4v) is 5.26. The molecule has 1 aliphatic heterocycles. The fourth-order valence-electron chi connectivity index (χ4n) is 5.26. The molecule has 0 fully saturated rings. The lowest BCUT2D eigenvalue weighted by atomic mass is 9.84. The molecule has 152 valence electrons. The van der Waals surface area contributed by atoms with E-state index in [1.54, 1.807) is 0 Å². The van der Waals surface area contributed by atoms with E-state index in [0.29, 0.717) is 0 Å². The molecule has 1 atom stereocenters. The van der Waals surface area contributed by atoms with Gasteiger partial charge in [0.15, 0.2) is 6.20 Å². The van der Waals surface area contributed by atoms with Crippen LogP contribution in [0.25, 0.3) is 28.0 Å². The van der Waals surface area contributed by atoms with Crippen LogP contribution in [-0.2, 0) is 5.54 Å². The number of rotatable bonds is 3. The summed E-state index contributed by atoms with van der Waals surface area (Å²) < 4.78 is 2.48. The SMILES string of the molecule is C/C=C\C=C/C1=CC2(c3ccccc31)c1ccccc1-c1ccc(-c3ccccc3)c[n+]12. The van der Waals surface area contributed by atoms with Gasteiger partial charge in [-0.1, -0.05) is 97.1 Å². The van der Waals surface area contributed by atoms with Gasteiger partial charge < -0.3 is 0 Å². The van der Waals surface area contributed by atoms with Crippen molar-refractivity contribution in [3.8, 4) is 22.4 Å². The molecule has 2 aliphatic rings. The average Bonchev–Trinajstić information content (AvgIpc) is 3.34. The summed E-state index contributed by atoms with van der Waals surface area (Å²) in [4.78, 5) is 0. The second-order valence-electron chi connectivity index (χ2n) is 8.38. The van der Waals surface area contributed by atoms with Gasteiger partial charge in [-0.2, -0.15) is 4.57 Å². The number of benzene rings is 3. The molecular formula is C31H24N+. The van der Waals surface area contributed by atoms with Gasteiger partial charge >= 0.3 is 0 Å². The summed E-state index contributed by atoms with van der Waals surface area (Å²) in [5, 5.41) is 0. The molecular weight excluding hydrogens is 386 g/mol. The first kappa shape index (κ1) is 18.8. The molecule has 0 N–H and O–H groups in total. The topological polar surface area (TPSA) is 3.88 Å². The van der Waals surface area contributed by atoms with Crippen LogP contribution in [0, 0.1) is 0 Å². The summed E-state index contributed by atoms with van der Waals surface area (Å²) in [5.74, 6) is 0. The van der Waals surface area contributed by atoms with E-state index in [-0.39, 0.29) is 5.54 Å². The van der Waals surface area contributed by atoms with Crippen LogP contribution in [0.4, 0.5) is 0 Å². The van der Waals surface area contributed by atoms with Crippen molar-refractivity contribution in [1.82, 2.24) is 0 Å². The molecule has 0 saturated carbocycles.